The van der Waals surface area contributed by atoms with Crippen LogP contribution in [0.25, 0.3) is 0 Å². The third-order valence-electron chi connectivity index (χ3n) is 6.77. The molecule has 5 heteroatoms. The third kappa shape index (κ3) is 5.45. The smallest absolute Gasteiger partial charge is 0.203 e. The highest BCUT2D eigenvalue weighted by molar-refractivity contribution is 5.97. The number of nitrogens with one attached hydrogen (secondary N) is 1. The first-order chi connectivity index (χ1) is 16.8. The second kappa shape index (κ2) is 10.4. The Labute approximate surface area is 210 Å². The van der Waals surface area contributed by atoms with Gasteiger partial charge in [-0.1, -0.05) is 47.5 Å². The molecule has 3 aromatic rings. The second-order valence-corrected chi connectivity index (χ2v) is 9.73. The summed E-state index contributed by atoms with van der Waals surface area (Å²) >= 11 is 0. The van der Waals surface area contributed by atoms with Crippen molar-refractivity contribution in [1.82, 2.24) is 4.90 Å². The highest BCUT2D eigenvalue weighted by Crippen LogP contribution is 2.30. The predicted octanol–water partition coefficient (Wildman–Crippen LogP) is 6.47. The number of nitrogens with zero attached hydrogens (tertiary/aromatic N) is 3. The fraction of sp³-hybridized carbons (Fsp3) is 0.367. The van der Waals surface area contributed by atoms with E-state index >= 15 is 0 Å². The lowest BCUT2D eigenvalue weighted by molar-refractivity contribution is 0.377. The minimum absolute atomic E-state index is 0.873. The number of benzene rings is 3. The summed E-state index contributed by atoms with van der Waals surface area (Å²) in [6.45, 7) is 16.5. The van der Waals surface area contributed by atoms with Crippen molar-refractivity contribution in [2.24, 2.45) is 4.99 Å². The predicted molar refractivity (Wildman–Crippen MR) is 149 cm³/mol. The van der Waals surface area contributed by atoms with Crippen LogP contribution in [0.15, 0.2) is 53.5 Å². The van der Waals surface area contributed by atoms with Crippen LogP contribution in [0, 0.1) is 41.5 Å². The van der Waals surface area contributed by atoms with Crippen LogP contribution in [0.3, 0.4) is 0 Å². The average Bonchev–Trinajstić information content (AvgIpc) is 2.82. The van der Waals surface area contributed by atoms with E-state index in [4.69, 9.17) is 9.73 Å². The van der Waals surface area contributed by atoms with E-state index in [-0.39, 0.29) is 0 Å². The van der Waals surface area contributed by atoms with Crippen molar-refractivity contribution in [3.63, 3.8) is 0 Å². The van der Waals surface area contributed by atoms with E-state index in [0.717, 1.165) is 55.0 Å². The molecule has 0 bridgehead atoms. The van der Waals surface area contributed by atoms with E-state index in [9.17, 15) is 0 Å². The maximum Gasteiger partial charge on any atom is 0.203 e. The number of rotatable bonds is 4. The largest absolute Gasteiger partial charge is 0.495 e. The summed E-state index contributed by atoms with van der Waals surface area (Å²) in [6.07, 6.45) is 0. The molecule has 0 atom stereocenters. The van der Waals surface area contributed by atoms with E-state index in [2.05, 4.69) is 93.1 Å². The number of aryl methyl sites for hydroxylation is 6. The van der Waals surface area contributed by atoms with Crippen LogP contribution in [-0.2, 0) is 0 Å². The number of ether oxygens (including phenoxy) is 1. The van der Waals surface area contributed by atoms with Gasteiger partial charge in [-0.25, -0.2) is 4.99 Å². The fourth-order valence-electron chi connectivity index (χ4n) is 5.17. The molecule has 3 aromatic carbocycles. The van der Waals surface area contributed by atoms with Gasteiger partial charge in [0.25, 0.3) is 0 Å². The van der Waals surface area contributed by atoms with Gasteiger partial charge in [0.2, 0.25) is 5.96 Å². The summed E-state index contributed by atoms with van der Waals surface area (Å²) in [5.74, 6) is 1.83. The summed E-state index contributed by atoms with van der Waals surface area (Å²) < 4.78 is 5.61. The number of hydrogen-bond donors (Lipinski definition) is 1. The van der Waals surface area contributed by atoms with Crippen molar-refractivity contribution >= 4 is 23.0 Å². The number of guanidine groups is 1. The summed E-state index contributed by atoms with van der Waals surface area (Å²) in [6, 6.07) is 17.2. The molecule has 0 unspecified atom stereocenters. The average molecular weight is 471 g/mol. The molecular weight excluding hydrogens is 432 g/mol. The molecule has 1 aliphatic rings. The molecule has 1 N–H and O–H groups in total. The molecule has 0 radical (unpaired) electrons. The fourth-order valence-corrected chi connectivity index (χ4v) is 5.17. The summed E-state index contributed by atoms with van der Waals surface area (Å²) in [7, 11) is 1.74. The van der Waals surface area contributed by atoms with Gasteiger partial charge >= 0.3 is 0 Å². The Morgan fingerprint density at radius 2 is 1.31 bits per heavy atom. The van der Waals surface area contributed by atoms with Gasteiger partial charge in [0.1, 0.15) is 5.75 Å². The Morgan fingerprint density at radius 1 is 0.771 bits per heavy atom. The first-order valence-electron chi connectivity index (χ1n) is 12.4. The molecule has 35 heavy (non-hydrogen) atoms. The number of piperazine rings is 1. The van der Waals surface area contributed by atoms with Crippen LogP contribution in [0.1, 0.15) is 33.4 Å². The van der Waals surface area contributed by atoms with Crippen molar-refractivity contribution < 1.29 is 4.74 Å². The van der Waals surface area contributed by atoms with E-state index < -0.39 is 0 Å². The van der Waals surface area contributed by atoms with Crippen LogP contribution < -0.4 is 15.0 Å². The Balaban J connectivity index is 1.67. The standard InChI is InChI=1S/C30H38N4O/c1-20-16-22(3)28(23(4)17-20)31-30(32-29-24(5)18-21(2)19-25(29)6)34-14-12-33(13-15-34)26-10-8-9-11-27(26)35-7/h8-11,16-19H,12-15H2,1-7H3,(H,31,32). The van der Waals surface area contributed by atoms with Crippen molar-refractivity contribution in [2.45, 2.75) is 41.5 Å². The van der Waals surface area contributed by atoms with Crippen LogP contribution in [-0.4, -0.2) is 44.1 Å². The summed E-state index contributed by atoms with van der Waals surface area (Å²) in [5.41, 5.74) is 10.8. The van der Waals surface area contributed by atoms with E-state index in [0.29, 0.717) is 0 Å². The maximum atomic E-state index is 5.61. The monoisotopic (exact) mass is 470 g/mol. The molecule has 0 amide bonds. The molecule has 184 valence electrons. The summed E-state index contributed by atoms with van der Waals surface area (Å²) in [5, 5.41) is 3.74. The molecule has 5 nitrogen and oxygen atoms in total. The Hall–Kier alpha value is -3.47. The lowest BCUT2D eigenvalue weighted by Gasteiger charge is -2.38. The van der Waals surface area contributed by atoms with E-state index in [1.807, 2.05) is 12.1 Å². The summed E-state index contributed by atoms with van der Waals surface area (Å²) in [4.78, 5) is 10.0. The van der Waals surface area contributed by atoms with Crippen LogP contribution in [0.4, 0.5) is 17.1 Å². The quantitative estimate of drug-likeness (QED) is 0.351. The van der Waals surface area contributed by atoms with Gasteiger partial charge in [0.15, 0.2) is 0 Å². The number of methoxy groups -OCH3 is 1. The molecule has 4 rings (SSSR count). The molecule has 1 heterocycles. The van der Waals surface area contributed by atoms with Gasteiger partial charge in [-0.3, -0.25) is 0 Å². The van der Waals surface area contributed by atoms with E-state index in [1.165, 1.54) is 33.4 Å². The normalized spacial score (nSPS) is 14.3. The Bertz CT molecular complexity index is 1190. The highest BCUT2D eigenvalue weighted by atomic mass is 16.5. The zero-order valence-electron chi connectivity index (χ0n) is 22.2. The zero-order valence-corrected chi connectivity index (χ0v) is 22.2. The lowest BCUT2D eigenvalue weighted by Crippen LogP contribution is -2.50. The lowest BCUT2D eigenvalue weighted by atomic mass is 10.0. The minimum Gasteiger partial charge on any atom is -0.495 e. The molecule has 1 fully saturated rings. The van der Waals surface area contributed by atoms with Crippen molar-refractivity contribution in [1.29, 1.82) is 0 Å². The SMILES string of the molecule is COc1ccccc1N1CCN(C(=Nc2c(C)cc(C)cc2C)Nc2c(C)cc(C)cc2C)CC1. The number of anilines is 2. The Morgan fingerprint density at radius 3 is 1.89 bits per heavy atom. The van der Waals surface area contributed by atoms with Crippen LogP contribution in [0.2, 0.25) is 0 Å². The first kappa shape index (κ1) is 24.6. The number of hydrogen-bond acceptors (Lipinski definition) is 3. The Kier molecular flexibility index (Phi) is 7.34. The van der Waals surface area contributed by atoms with E-state index in [1.54, 1.807) is 7.11 Å². The first-order valence-corrected chi connectivity index (χ1v) is 12.4. The minimum atomic E-state index is 0.873. The van der Waals surface area contributed by atoms with Crippen LogP contribution in [0.5, 0.6) is 5.75 Å². The van der Waals surface area contributed by atoms with Gasteiger partial charge in [-0.15, -0.1) is 0 Å². The molecule has 0 aliphatic carbocycles. The van der Waals surface area contributed by atoms with Gasteiger partial charge < -0.3 is 19.9 Å². The second-order valence-electron chi connectivity index (χ2n) is 9.73. The molecule has 0 saturated carbocycles. The number of para-hydroxylation sites is 2. The van der Waals surface area contributed by atoms with Crippen molar-refractivity contribution in [3.8, 4) is 5.75 Å². The molecule has 1 aliphatic heterocycles. The van der Waals surface area contributed by atoms with Crippen molar-refractivity contribution in [2.75, 3.05) is 43.5 Å². The van der Waals surface area contributed by atoms with Crippen molar-refractivity contribution in [3.05, 3.63) is 81.9 Å². The van der Waals surface area contributed by atoms with Crippen LogP contribution >= 0.6 is 0 Å². The highest BCUT2D eigenvalue weighted by Gasteiger charge is 2.23. The van der Waals surface area contributed by atoms with Gasteiger partial charge in [-0.2, -0.15) is 0 Å². The van der Waals surface area contributed by atoms with Gasteiger partial charge in [-0.05, 0) is 75.9 Å². The number of aliphatic imine (C=N–C) groups is 1. The molecular formula is C30H38N4O. The maximum absolute atomic E-state index is 5.61. The molecule has 0 aromatic heterocycles. The topological polar surface area (TPSA) is 40.1 Å². The van der Waals surface area contributed by atoms with Gasteiger partial charge in [0.05, 0.1) is 18.5 Å². The zero-order chi connectivity index (χ0) is 25.1. The molecule has 1 saturated heterocycles. The van der Waals surface area contributed by atoms with Gasteiger partial charge in [0, 0.05) is 31.9 Å². The molecule has 0 spiro atoms. The third-order valence-corrected chi connectivity index (χ3v) is 6.77.